The Balaban J connectivity index is 1.92. The van der Waals surface area contributed by atoms with Gasteiger partial charge in [0, 0.05) is 6.54 Å². The van der Waals surface area contributed by atoms with Gasteiger partial charge in [0.05, 0.1) is 5.69 Å². The molecule has 1 aromatic heterocycles. The molecule has 0 bridgehead atoms. The Labute approximate surface area is 173 Å². The van der Waals surface area contributed by atoms with Gasteiger partial charge in [0.25, 0.3) is 0 Å². The van der Waals surface area contributed by atoms with E-state index in [-0.39, 0.29) is 0 Å². The van der Waals surface area contributed by atoms with Crippen molar-refractivity contribution in [2.45, 2.75) is 31.2 Å². The Morgan fingerprint density at radius 3 is 2.59 bits per heavy atom. The summed E-state index contributed by atoms with van der Waals surface area (Å²) in [5.41, 5.74) is 3.73. The van der Waals surface area contributed by atoms with Gasteiger partial charge >= 0.3 is 6.03 Å². The Kier molecular flexibility index (Phi) is 6.61. The average molecular weight is 411 g/mol. The van der Waals surface area contributed by atoms with E-state index in [2.05, 4.69) is 26.2 Å². The Morgan fingerprint density at radius 2 is 1.90 bits per heavy atom. The number of carbonyl (C=O) groups excluding carboxylic acids is 2. The fraction of sp³-hybridized carbons (Fsp3) is 0.250. The molecule has 150 valence electrons. The quantitative estimate of drug-likeness (QED) is 0.606. The zero-order chi connectivity index (χ0) is 20.8. The minimum absolute atomic E-state index is 0.424. The lowest BCUT2D eigenvalue weighted by Crippen LogP contribution is -2.41. The predicted molar refractivity (Wildman–Crippen MR) is 111 cm³/mol. The summed E-state index contributed by atoms with van der Waals surface area (Å²) in [6.45, 7) is 6.21. The monoisotopic (exact) mass is 410 g/mol. The molecule has 0 aliphatic rings. The van der Waals surface area contributed by atoms with Crippen LogP contribution in [0.25, 0.3) is 5.69 Å². The van der Waals surface area contributed by atoms with Crippen molar-refractivity contribution in [1.29, 1.82) is 0 Å². The molecule has 3 rings (SSSR count). The lowest BCUT2D eigenvalue weighted by Gasteiger charge is -2.16. The second kappa shape index (κ2) is 9.33. The second-order valence-electron chi connectivity index (χ2n) is 6.42. The minimum atomic E-state index is -0.700. The number of carbonyl (C=O) groups is 2. The molecule has 3 aromatic rings. The molecule has 1 heterocycles. The van der Waals surface area contributed by atoms with Crippen molar-refractivity contribution in [3.05, 3.63) is 65.2 Å². The van der Waals surface area contributed by atoms with Gasteiger partial charge in [-0.1, -0.05) is 59.8 Å². The molecule has 1 atom stereocenters. The summed E-state index contributed by atoms with van der Waals surface area (Å²) < 4.78 is 1.61. The van der Waals surface area contributed by atoms with E-state index >= 15 is 0 Å². The molecule has 0 aliphatic carbocycles. The molecule has 0 aliphatic heterocycles. The van der Waals surface area contributed by atoms with Crippen LogP contribution in [-0.4, -0.2) is 38.7 Å². The van der Waals surface area contributed by atoms with Crippen LogP contribution in [0.15, 0.2) is 53.7 Å². The van der Waals surface area contributed by atoms with Crippen molar-refractivity contribution in [1.82, 2.24) is 30.8 Å². The van der Waals surface area contributed by atoms with Gasteiger partial charge in [-0.3, -0.25) is 10.1 Å². The molecule has 0 fully saturated rings. The number of hydrogen-bond acceptors (Lipinski definition) is 6. The molecule has 0 radical (unpaired) electrons. The van der Waals surface area contributed by atoms with E-state index in [9.17, 15) is 9.59 Å². The number of rotatable bonds is 6. The van der Waals surface area contributed by atoms with Crippen molar-refractivity contribution >= 4 is 23.7 Å². The van der Waals surface area contributed by atoms with E-state index in [1.54, 1.807) is 11.6 Å². The highest BCUT2D eigenvalue weighted by Crippen LogP contribution is 2.35. The standard InChI is InChI=1S/C20H22N6O2S/c1-4-21-19(28)22-18(27)17(15-8-6-5-7-9-15)29-20-23-24-25-26(20)16-11-10-13(2)12-14(16)3/h5-12,17H,4H2,1-3H3,(H2,21,22,27,28)/t17-/m1/s1. The van der Waals surface area contributed by atoms with Gasteiger partial charge in [-0.25, -0.2) is 4.79 Å². The van der Waals surface area contributed by atoms with Crippen LogP contribution in [0, 0.1) is 13.8 Å². The van der Waals surface area contributed by atoms with Crippen LogP contribution in [0.4, 0.5) is 4.79 Å². The topological polar surface area (TPSA) is 102 Å². The number of benzene rings is 2. The molecule has 2 aromatic carbocycles. The first-order chi connectivity index (χ1) is 14.0. The van der Waals surface area contributed by atoms with Crippen molar-refractivity contribution in [3.8, 4) is 5.69 Å². The SMILES string of the molecule is CCNC(=O)NC(=O)[C@H](Sc1nnnn1-c1ccc(C)cc1C)c1ccccc1. The first-order valence-corrected chi connectivity index (χ1v) is 10.0. The van der Waals surface area contributed by atoms with E-state index in [0.29, 0.717) is 11.7 Å². The van der Waals surface area contributed by atoms with Crippen LogP contribution >= 0.6 is 11.8 Å². The van der Waals surface area contributed by atoms with E-state index in [0.717, 1.165) is 22.4 Å². The van der Waals surface area contributed by atoms with Crippen LogP contribution < -0.4 is 10.6 Å². The van der Waals surface area contributed by atoms with Gasteiger partial charge in [0.1, 0.15) is 5.25 Å². The number of nitrogens with zero attached hydrogens (tertiary/aromatic N) is 4. The summed E-state index contributed by atoms with van der Waals surface area (Å²) in [6, 6.07) is 14.7. The molecule has 29 heavy (non-hydrogen) atoms. The van der Waals surface area contributed by atoms with E-state index in [4.69, 9.17) is 0 Å². The lowest BCUT2D eigenvalue weighted by molar-refractivity contribution is -0.119. The summed E-state index contributed by atoms with van der Waals surface area (Å²) in [5, 5.41) is 16.7. The van der Waals surface area contributed by atoms with Crippen LogP contribution in [0.1, 0.15) is 28.9 Å². The Hall–Kier alpha value is -3.20. The Morgan fingerprint density at radius 1 is 1.14 bits per heavy atom. The third-order valence-corrected chi connectivity index (χ3v) is 5.35. The van der Waals surface area contributed by atoms with Gasteiger partial charge in [-0.2, -0.15) is 4.68 Å². The predicted octanol–water partition coefficient (Wildman–Crippen LogP) is 2.96. The summed E-state index contributed by atoms with van der Waals surface area (Å²) in [6.07, 6.45) is 0. The molecule has 9 heteroatoms. The molecule has 3 amide bonds. The maximum atomic E-state index is 12.8. The summed E-state index contributed by atoms with van der Waals surface area (Å²) in [4.78, 5) is 24.7. The van der Waals surface area contributed by atoms with E-state index < -0.39 is 17.2 Å². The maximum absolute atomic E-state index is 12.8. The van der Waals surface area contributed by atoms with Crippen LogP contribution in [0.3, 0.4) is 0 Å². The molecule has 0 spiro atoms. The number of aromatic nitrogens is 4. The van der Waals surface area contributed by atoms with Crippen LogP contribution in [0.5, 0.6) is 0 Å². The number of urea groups is 1. The van der Waals surface area contributed by atoms with Gasteiger partial charge in [-0.05, 0) is 48.4 Å². The van der Waals surface area contributed by atoms with Crippen molar-refractivity contribution in [3.63, 3.8) is 0 Å². The fourth-order valence-corrected chi connectivity index (χ4v) is 3.82. The van der Waals surface area contributed by atoms with Crippen LogP contribution in [-0.2, 0) is 4.79 Å². The number of hydrogen-bond donors (Lipinski definition) is 2. The van der Waals surface area contributed by atoms with Gasteiger partial charge < -0.3 is 5.32 Å². The average Bonchev–Trinajstić information content (AvgIpc) is 3.15. The summed E-state index contributed by atoms with van der Waals surface area (Å²) in [7, 11) is 0. The lowest BCUT2D eigenvalue weighted by atomic mass is 10.1. The summed E-state index contributed by atoms with van der Waals surface area (Å²) >= 11 is 1.19. The largest absolute Gasteiger partial charge is 0.338 e. The first kappa shape index (κ1) is 20.5. The highest BCUT2D eigenvalue weighted by molar-refractivity contribution is 8.00. The molecule has 2 N–H and O–H groups in total. The van der Waals surface area contributed by atoms with Crippen LogP contribution in [0.2, 0.25) is 0 Å². The number of imide groups is 1. The maximum Gasteiger partial charge on any atom is 0.321 e. The number of amides is 3. The minimum Gasteiger partial charge on any atom is -0.338 e. The van der Waals surface area contributed by atoms with E-state index in [1.807, 2.05) is 62.4 Å². The van der Waals surface area contributed by atoms with Crippen molar-refractivity contribution in [2.75, 3.05) is 6.54 Å². The van der Waals surface area contributed by atoms with Crippen molar-refractivity contribution < 1.29 is 9.59 Å². The van der Waals surface area contributed by atoms with Gasteiger partial charge in [0.15, 0.2) is 0 Å². The third kappa shape index (κ3) is 5.00. The molecule has 0 unspecified atom stereocenters. The molecule has 0 saturated carbocycles. The van der Waals surface area contributed by atoms with Gasteiger partial charge in [-0.15, -0.1) is 5.10 Å². The highest BCUT2D eigenvalue weighted by Gasteiger charge is 2.26. The molecule has 0 saturated heterocycles. The number of thioether (sulfide) groups is 1. The fourth-order valence-electron chi connectivity index (χ4n) is 2.83. The summed E-state index contributed by atoms with van der Waals surface area (Å²) in [5.74, 6) is -0.442. The Bertz CT molecular complexity index is 1010. The zero-order valence-electron chi connectivity index (χ0n) is 16.4. The number of tetrazole rings is 1. The van der Waals surface area contributed by atoms with Gasteiger partial charge in [0.2, 0.25) is 11.1 Å². The number of aryl methyl sites for hydroxylation is 2. The van der Waals surface area contributed by atoms with E-state index in [1.165, 1.54) is 11.8 Å². The zero-order valence-corrected chi connectivity index (χ0v) is 17.2. The molecular formula is C20H22N6O2S. The second-order valence-corrected chi connectivity index (χ2v) is 7.49. The number of nitrogens with one attached hydrogen (secondary N) is 2. The smallest absolute Gasteiger partial charge is 0.321 e. The van der Waals surface area contributed by atoms with Crippen molar-refractivity contribution in [2.24, 2.45) is 0 Å². The first-order valence-electron chi connectivity index (χ1n) is 9.16. The molecular weight excluding hydrogens is 388 g/mol. The normalized spacial score (nSPS) is 11.7. The highest BCUT2D eigenvalue weighted by atomic mass is 32.2. The molecule has 8 nitrogen and oxygen atoms in total. The third-order valence-electron chi connectivity index (χ3n) is 4.16.